The van der Waals surface area contributed by atoms with Crippen molar-refractivity contribution in [2.45, 2.75) is 26.4 Å². The number of hydrogen-bond donors (Lipinski definition) is 1. The van der Waals surface area contributed by atoms with Crippen LogP contribution in [0.2, 0.25) is 5.02 Å². The number of halogens is 1. The van der Waals surface area contributed by atoms with Crippen LogP contribution in [-0.4, -0.2) is 25.5 Å². The highest BCUT2D eigenvalue weighted by Gasteiger charge is 2.14. The average Bonchev–Trinajstić information content (AvgIpc) is 2.95. The second-order valence-corrected chi connectivity index (χ2v) is 9.27. The molecule has 4 rings (SSSR count). The summed E-state index contributed by atoms with van der Waals surface area (Å²) in [6, 6.07) is 18.7. The van der Waals surface area contributed by atoms with Crippen molar-refractivity contribution < 1.29 is 28.2 Å². The number of hydrogen-bond acceptors (Lipinski definition) is 7. The van der Waals surface area contributed by atoms with Crippen molar-refractivity contribution in [1.29, 1.82) is 0 Å². The predicted octanol–water partition coefficient (Wildman–Crippen LogP) is 6.18. The monoisotopic (exact) mass is 561 g/mol. The van der Waals surface area contributed by atoms with Crippen molar-refractivity contribution in [1.82, 2.24) is 5.32 Å². The summed E-state index contributed by atoms with van der Waals surface area (Å²) in [5.41, 5.74) is 1.01. The molecule has 0 atom stereocenters. The molecule has 206 valence electrons. The first-order valence-electron chi connectivity index (χ1n) is 12.7. The van der Waals surface area contributed by atoms with Crippen molar-refractivity contribution in [3.05, 3.63) is 105 Å². The molecule has 0 saturated heterocycles. The highest BCUT2D eigenvalue weighted by molar-refractivity contribution is 6.30. The molecule has 1 N–H and O–H groups in total. The molecule has 3 aromatic carbocycles. The van der Waals surface area contributed by atoms with Crippen LogP contribution >= 0.6 is 11.6 Å². The third-order valence-electron chi connectivity index (χ3n) is 5.89. The lowest BCUT2D eigenvalue weighted by atomic mass is 10.1. The number of nitrogens with one attached hydrogen (secondary N) is 1. The van der Waals surface area contributed by atoms with Gasteiger partial charge in [-0.15, -0.1) is 0 Å². The predicted molar refractivity (Wildman–Crippen MR) is 153 cm³/mol. The number of carbonyl (C=O) groups excluding carboxylic acids is 2. The first-order valence-corrected chi connectivity index (χ1v) is 13.1. The fourth-order valence-electron chi connectivity index (χ4n) is 3.75. The summed E-state index contributed by atoms with van der Waals surface area (Å²) in [5.74, 6) is 0.135. The number of methoxy groups -OCH3 is 1. The van der Waals surface area contributed by atoms with E-state index in [2.05, 4.69) is 5.32 Å². The Bertz CT molecular complexity index is 1590. The number of rotatable bonds is 11. The Morgan fingerprint density at radius 2 is 1.80 bits per heavy atom. The molecule has 1 aromatic heterocycles. The summed E-state index contributed by atoms with van der Waals surface area (Å²) in [7, 11) is 1.53. The van der Waals surface area contributed by atoms with Crippen LogP contribution in [-0.2, 0) is 11.4 Å². The molecule has 40 heavy (non-hydrogen) atoms. The first-order chi connectivity index (χ1) is 19.4. The van der Waals surface area contributed by atoms with Gasteiger partial charge in [-0.3, -0.25) is 4.79 Å². The topological polar surface area (TPSA) is 104 Å². The van der Waals surface area contributed by atoms with E-state index in [4.69, 9.17) is 30.2 Å². The molecule has 0 radical (unpaired) electrons. The molecule has 4 aromatic rings. The fraction of sp³-hybridized carbons (Fsp3) is 0.194. The third-order valence-corrected chi connectivity index (χ3v) is 6.15. The number of carbonyl (C=O) groups is 2. The number of unbranched alkanes of at least 4 members (excludes halogenated alkanes) is 1. The smallest absolute Gasteiger partial charge is 0.349 e. The van der Waals surface area contributed by atoms with Gasteiger partial charge in [0, 0.05) is 29.1 Å². The maximum Gasteiger partial charge on any atom is 0.349 e. The number of fused-ring (bicyclic) bond motifs is 1. The zero-order valence-electron chi connectivity index (χ0n) is 22.1. The number of amides is 1. The van der Waals surface area contributed by atoms with Crippen molar-refractivity contribution in [2.75, 3.05) is 13.7 Å². The van der Waals surface area contributed by atoms with E-state index in [-0.39, 0.29) is 16.9 Å². The minimum Gasteiger partial charge on any atom is -0.493 e. The third kappa shape index (κ3) is 7.51. The van der Waals surface area contributed by atoms with Gasteiger partial charge >= 0.3 is 11.6 Å². The average molecular weight is 562 g/mol. The number of ether oxygens (including phenoxy) is 3. The van der Waals surface area contributed by atoms with Crippen molar-refractivity contribution >= 4 is 40.5 Å². The molecular weight excluding hydrogens is 534 g/mol. The molecule has 0 bridgehead atoms. The van der Waals surface area contributed by atoms with Crippen LogP contribution in [0.5, 0.6) is 17.2 Å². The highest BCUT2D eigenvalue weighted by atomic mass is 35.5. The number of esters is 1. The Labute approximate surface area is 236 Å². The molecule has 0 spiro atoms. The summed E-state index contributed by atoms with van der Waals surface area (Å²) in [6.07, 6.45) is 4.59. The lowest BCUT2D eigenvalue weighted by molar-refractivity contribution is -0.128. The van der Waals surface area contributed by atoms with Gasteiger partial charge in [0.2, 0.25) is 0 Å². The molecule has 8 nitrogen and oxygen atoms in total. The summed E-state index contributed by atoms with van der Waals surface area (Å²) >= 11 is 5.92. The minimum absolute atomic E-state index is 0.0758. The summed E-state index contributed by atoms with van der Waals surface area (Å²) < 4.78 is 22.0. The summed E-state index contributed by atoms with van der Waals surface area (Å²) in [6.45, 7) is 2.82. The largest absolute Gasteiger partial charge is 0.493 e. The van der Waals surface area contributed by atoms with E-state index < -0.39 is 17.5 Å². The second-order valence-electron chi connectivity index (χ2n) is 8.84. The molecule has 0 saturated carbocycles. The van der Waals surface area contributed by atoms with Crippen LogP contribution in [0.1, 0.15) is 41.3 Å². The van der Waals surface area contributed by atoms with Crippen LogP contribution in [0.25, 0.3) is 17.0 Å². The summed E-state index contributed by atoms with van der Waals surface area (Å²) in [4.78, 5) is 37.1. The molecule has 0 fully saturated rings. The van der Waals surface area contributed by atoms with E-state index in [1.807, 2.05) is 19.1 Å². The Morgan fingerprint density at radius 1 is 1.00 bits per heavy atom. The van der Waals surface area contributed by atoms with Crippen LogP contribution in [0.15, 0.2) is 82.0 Å². The van der Waals surface area contributed by atoms with Crippen LogP contribution in [0, 0.1) is 0 Å². The molecule has 1 heterocycles. The maximum absolute atomic E-state index is 12.4. The van der Waals surface area contributed by atoms with Crippen LogP contribution in [0.3, 0.4) is 0 Å². The van der Waals surface area contributed by atoms with E-state index in [9.17, 15) is 14.4 Å². The van der Waals surface area contributed by atoms with Gasteiger partial charge in [-0.1, -0.05) is 43.1 Å². The lowest BCUT2D eigenvalue weighted by Crippen LogP contribution is -2.28. The van der Waals surface area contributed by atoms with Crippen molar-refractivity contribution in [3.63, 3.8) is 0 Å². The van der Waals surface area contributed by atoms with Crippen LogP contribution < -0.4 is 25.2 Å². The molecule has 0 aliphatic heterocycles. The van der Waals surface area contributed by atoms with E-state index in [0.29, 0.717) is 40.6 Å². The van der Waals surface area contributed by atoms with Gasteiger partial charge in [-0.2, -0.15) is 0 Å². The first kappa shape index (κ1) is 28.4. The van der Waals surface area contributed by atoms with Crippen molar-refractivity contribution in [3.8, 4) is 17.2 Å². The van der Waals surface area contributed by atoms with Gasteiger partial charge in [0.05, 0.1) is 7.11 Å². The highest BCUT2D eigenvalue weighted by Crippen LogP contribution is 2.29. The van der Waals surface area contributed by atoms with Gasteiger partial charge in [0.1, 0.15) is 23.5 Å². The molecule has 1 amide bonds. The standard InChI is InChI=1S/C31H28ClNO7/c1-3-4-15-33-30(35)25-17-22-9-12-24(18-27(22)40-31(25)36)39-29(34)14-8-20-7-13-26(28(16-20)37-2)38-19-21-5-10-23(32)11-6-21/h5-14,16-18H,3-4,15,19H2,1-2H3,(H,33,35)/b14-8+. The number of benzene rings is 3. The quantitative estimate of drug-likeness (QED) is 0.0766. The van der Waals surface area contributed by atoms with Crippen LogP contribution in [0.4, 0.5) is 0 Å². The Hall–Kier alpha value is -4.56. The molecule has 0 unspecified atom stereocenters. The SMILES string of the molecule is CCCCNC(=O)c1cc2ccc(OC(=O)/C=C/c3ccc(OCc4ccc(Cl)cc4)c(OC)c3)cc2oc1=O. The zero-order valence-corrected chi connectivity index (χ0v) is 22.8. The van der Waals surface area contributed by atoms with Gasteiger partial charge in [-0.25, -0.2) is 9.59 Å². The minimum atomic E-state index is -0.764. The van der Waals surface area contributed by atoms with E-state index in [1.165, 1.54) is 25.3 Å². The second kappa shape index (κ2) is 13.5. The Morgan fingerprint density at radius 3 is 2.55 bits per heavy atom. The van der Waals surface area contributed by atoms with Crippen molar-refractivity contribution in [2.24, 2.45) is 0 Å². The fourth-order valence-corrected chi connectivity index (χ4v) is 3.88. The molecular formula is C31H28ClNO7. The van der Waals surface area contributed by atoms with E-state index in [1.54, 1.807) is 48.5 Å². The molecule has 0 aliphatic carbocycles. The maximum atomic E-state index is 12.4. The Balaban J connectivity index is 1.39. The normalized spacial score (nSPS) is 11.0. The zero-order chi connectivity index (χ0) is 28.5. The van der Waals surface area contributed by atoms with E-state index in [0.717, 1.165) is 18.4 Å². The Kier molecular flexibility index (Phi) is 9.59. The van der Waals surface area contributed by atoms with Gasteiger partial charge < -0.3 is 23.9 Å². The van der Waals surface area contributed by atoms with E-state index >= 15 is 0 Å². The van der Waals surface area contributed by atoms with Gasteiger partial charge in [0.15, 0.2) is 11.5 Å². The van der Waals surface area contributed by atoms with Gasteiger partial charge in [-0.05, 0) is 66.1 Å². The lowest BCUT2D eigenvalue weighted by Gasteiger charge is -2.11. The molecule has 9 heteroatoms. The summed E-state index contributed by atoms with van der Waals surface area (Å²) in [5, 5.41) is 3.88. The molecule has 0 aliphatic rings. The van der Waals surface area contributed by atoms with Gasteiger partial charge in [0.25, 0.3) is 5.91 Å².